The van der Waals surface area contributed by atoms with Gasteiger partial charge in [-0.15, -0.1) is 23.4 Å². The van der Waals surface area contributed by atoms with E-state index in [4.69, 9.17) is 11.6 Å². The van der Waals surface area contributed by atoms with Crippen molar-refractivity contribution in [2.45, 2.75) is 16.9 Å². The predicted molar refractivity (Wildman–Crippen MR) is 87.8 cm³/mol. The van der Waals surface area contributed by atoms with E-state index in [-0.39, 0.29) is 6.04 Å². The van der Waals surface area contributed by atoms with E-state index in [1.54, 1.807) is 0 Å². The van der Waals surface area contributed by atoms with Gasteiger partial charge in [-0.25, -0.2) is 0 Å². The van der Waals surface area contributed by atoms with Gasteiger partial charge in [0.2, 0.25) is 0 Å². The molecule has 0 fully saturated rings. The molecule has 0 saturated carbocycles. The molecule has 104 valence electrons. The van der Waals surface area contributed by atoms with Gasteiger partial charge in [-0.1, -0.05) is 48.5 Å². The first kappa shape index (κ1) is 14.0. The van der Waals surface area contributed by atoms with Crippen molar-refractivity contribution in [1.82, 2.24) is 5.32 Å². The minimum absolute atomic E-state index is 0.232. The fraction of sp³-hybridized carbons (Fsp3) is 0.294. The standard InChI is InChI=1S/C17H18ClNS/c18-10-16(13-6-2-1-3-7-13)19-11-14-12-20-17-9-5-4-8-15(14)17/h1-9,14,16,19H,10-12H2. The molecule has 1 N–H and O–H groups in total. The first-order chi connectivity index (χ1) is 9.88. The van der Waals surface area contributed by atoms with Crippen molar-refractivity contribution in [2.75, 3.05) is 18.2 Å². The number of hydrogen-bond acceptors (Lipinski definition) is 2. The van der Waals surface area contributed by atoms with Crippen LogP contribution in [0.25, 0.3) is 0 Å². The first-order valence-corrected chi connectivity index (χ1v) is 8.46. The van der Waals surface area contributed by atoms with Crippen LogP contribution >= 0.6 is 23.4 Å². The maximum absolute atomic E-state index is 6.12. The van der Waals surface area contributed by atoms with Crippen LogP contribution in [-0.4, -0.2) is 18.2 Å². The molecule has 20 heavy (non-hydrogen) atoms. The lowest BCUT2D eigenvalue weighted by molar-refractivity contribution is 0.544. The number of thioether (sulfide) groups is 1. The molecule has 2 atom stereocenters. The van der Waals surface area contributed by atoms with Crippen molar-refractivity contribution < 1.29 is 0 Å². The molecule has 2 unspecified atom stereocenters. The van der Waals surface area contributed by atoms with Gasteiger partial charge in [-0.2, -0.15) is 0 Å². The highest BCUT2D eigenvalue weighted by Gasteiger charge is 2.23. The number of hydrogen-bond donors (Lipinski definition) is 1. The topological polar surface area (TPSA) is 12.0 Å². The number of halogens is 1. The Morgan fingerprint density at radius 2 is 1.85 bits per heavy atom. The van der Waals surface area contributed by atoms with Crippen LogP contribution < -0.4 is 5.32 Å². The molecule has 2 aromatic rings. The van der Waals surface area contributed by atoms with Crippen LogP contribution in [0.2, 0.25) is 0 Å². The smallest absolute Gasteiger partial charge is 0.0457 e. The summed E-state index contributed by atoms with van der Waals surface area (Å²) in [6.07, 6.45) is 0. The van der Waals surface area contributed by atoms with Gasteiger partial charge in [0, 0.05) is 35.0 Å². The van der Waals surface area contributed by atoms with Gasteiger partial charge in [0.1, 0.15) is 0 Å². The van der Waals surface area contributed by atoms with Crippen LogP contribution in [0.3, 0.4) is 0 Å². The summed E-state index contributed by atoms with van der Waals surface area (Å²) in [5, 5.41) is 3.62. The summed E-state index contributed by atoms with van der Waals surface area (Å²) in [5.41, 5.74) is 2.74. The lowest BCUT2D eigenvalue weighted by Crippen LogP contribution is -2.27. The molecule has 0 bridgehead atoms. The molecule has 0 saturated heterocycles. The minimum Gasteiger partial charge on any atom is -0.308 e. The van der Waals surface area contributed by atoms with Gasteiger partial charge >= 0.3 is 0 Å². The van der Waals surface area contributed by atoms with Crippen molar-refractivity contribution in [1.29, 1.82) is 0 Å². The molecule has 1 aliphatic heterocycles. The zero-order chi connectivity index (χ0) is 13.8. The van der Waals surface area contributed by atoms with Crippen molar-refractivity contribution in [3.63, 3.8) is 0 Å². The summed E-state index contributed by atoms with van der Waals surface area (Å²) in [5.74, 6) is 2.35. The van der Waals surface area contributed by atoms with E-state index in [2.05, 4.69) is 53.8 Å². The average Bonchev–Trinajstić information content (AvgIpc) is 2.92. The Bertz CT molecular complexity index is 556. The predicted octanol–water partition coefficient (Wildman–Crippen LogP) is 4.45. The highest BCUT2D eigenvalue weighted by Crippen LogP contribution is 2.39. The molecular formula is C17H18ClNS. The maximum atomic E-state index is 6.12. The third-order valence-electron chi connectivity index (χ3n) is 3.77. The van der Waals surface area contributed by atoms with Crippen LogP contribution in [0.5, 0.6) is 0 Å². The Morgan fingerprint density at radius 1 is 1.10 bits per heavy atom. The normalized spacial score (nSPS) is 18.8. The quantitative estimate of drug-likeness (QED) is 0.819. The molecular weight excluding hydrogens is 286 g/mol. The Balaban J connectivity index is 1.65. The van der Waals surface area contributed by atoms with E-state index in [1.807, 2.05) is 17.8 Å². The molecule has 1 heterocycles. The average molecular weight is 304 g/mol. The number of nitrogens with one attached hydrogen (secondary N) is 1. The summed E-state index contributed by atoms with van der Waals surface area (Å²) in [6.45, 7) is 0.982. The van der Waals surface area contributed by atoms with Gasteiger partial charge in [0.25, 0.3) is 0 Å². The Hall–Kier alpha value is -0.960. The highest BCUT2D eigenvalue weighted by molar-refractivity contribution is 7.99. The summed E-state index contributed by atoms with van der Waals surface area (Å²) < 4.78 is 0. The summed E-state index contributed by atoms with van der Waals surface area (Å²) in [7, 11) is 0. The molecule has 0 aliphatic carbocycles. The molecule has 1 nitrogen and oxygen atoms in total. The monoisotopic (exact) mass is 303 g/mol. The SMILES string of the molecule is ClCC(NCC1CSc2ccccc21)c1ccccc1. The van der Waals surface area contributed by atoms with Gasteiger partial charge < -0.3 is 5.32 Å². The van der Waals surface area contributed by atoms with Gasteiger partial charge in [-0.05, 0) is 17.2 Å². The molecule has 0 aromatic heterocycles. The zero-order valence-corrected chi connectivity index (χ0v) is 12.8. The summed E-state index contributed by atoms with van der Waals surface area (Å²) >= 11 is 8.08. The molecule has 0 radical (unpaired) electrons. The van der Waals surface area contributed by atoms with Crippen LogP contribution in [0, 0.1) is 0 Å². The first-order valence-electron chi connectivity index (χ1n) is 6.94. The molecule has 1 aliphatic rings. The highest BCUT2D eigenvalue weighted by atomic mass is 35.5. The van der Waals surface area contributed by atoms with E-state index in [0.29, 0.717) is 11.8 Å². The Labute approximate surface area is 129 Å². The number of benzene rings is 2. The van der Waals surface area contributed by atoms with Crippen LogP contribution in [0.15, 0.2) is 59.5 Å². The molecule has 3 heteroatoms. The second-order valence-electron chi connectivity index (χ2n) is 5.07. The third-order valence-corrected chi connectivity index (χ3v) is 5.33. The van der Waals surface area contributed by atoms with Crippen molar-refractivity contribution in [3.8, 4) is 0 Å². The molecule has 0 amide bonds. The van der Waals surface area contributed by atoms with E-state index in [0.717, 1.165) is 12.3 Å². The summed E-state index contributed by atoms with van der Waals surface area (Å²) in [4.78, 5) is 1.43. The van der Waals surface area contributed by atoms with E-state index in [9.17, 15) is 0 Å². The fourth-order valence-corrected chi connectivity index (χ4v) is 4.17. The fourth-order valence-electron chi connectivity index (χ4n) is 2.63. The van der Waals surface area contributed by atoms with Gasteiger partial charge in [0.05, 0.1) is 0 Å². The summed E-state index contributed by atoms with van der Waals surface area (Å²) in [6, 6.07) is 19.4. The second-order valence-corrected chi connectivity index (χ2v) is 6.44. The third kappa shape index (κ3) is 3.03. The largest absolute Gasteiger partial charge is 0.308 e. The van der Waals surface area contributed by atoms with E-state index < -0.39 is 0 Å². The Morgan fingerprint density at radius 3 is 2.65 bits per heavy atom. The lowest BCUT2D eigenvalue weighted by Gasteiger charge is -2.19. The number of rotatable bonds is 5. The number of alkyl halides is 1. The maximum Gasteiger partial charge on any atom is 0.0457 e. The van der Waals surface area contributed by atoms with E-state index in [1.165, 1.54) is 16.0 Å². The second kappa shape index (κ2) is 6.66. The van der Waals surface area contributed by atoms with Crippen molar-refractivity contribution in [2.24, 2.45) is 0 Å². The molecule has 3 rings (SSSR count). The van der Waals surface area contributed by atoms with Gasteiger partial charge in [0.15, 0.2) is 0 Å². The zero-order valence-electron chi connectivity index (χ0n) is 11.3. The minimum atomic E-state index is 0.232. The van der Waals surface area contributed by atoms with Crippen LogP contribution in [0.4, 0.5) is 0 Å². The molecule has 2 aromatic carbocycles. The van der Waals surface area contributed by atoms with Crippen LogP contribution in [0.1, 0.15) is 23.1 Å². The van der Waals surface area contributed by atoms with Crippen molar-refractivity contribution in [3.05, 3.63) is 65.7 Å². The number of fused-ring (bicyclic) bond motifs is 1. The Kier molecular flexibility index (Phi) is 4.66. The van der Waals surface area contributed by atoms with Gasteiger partial charge in [-0.3, -0.25) is 0 Å². The lowest BCUT2D eigenvalue weighted by atomic mass is 10.0. The van der Waals surface area contributed by atoms with Crippen molar-refractivity contribution >= 4 is 23.4 Å². The molecule has 0 spiro atoms. The van der Waals surface area contributed by atoms with Crippen LogP contribution in [-0.2, 0) is 0 Å². The van der Waals surface area contributed by atoms with E-state index >= 15 is 0 Å².